The minimum absolute atomic E-state index is 0.0799. The summed E-state index contributed by atoms with van der Waals surface area (Å²) in [5.74, 6) is -0.549. The summed E-state index contributed by atoms with van der Waals surface area (Å²) in [7, 11) is 0. The Labute approximate surface area is 122 Å². The lowest BCUT2D eigenvalue weighted by Gasteiger charge is -2.32. The van der Waals surface area contributed by atoms with Gasteiger partial charge in [-0.15, -0.1) is 0 Å². The number of carboxylic acid groups (broad SMARTS) is 1. The second-order valence-corrected chi connectivity index (χ2v) is 5.10. The highest BCUT2D eigenvalue weighted by atomic mass is 79.9. The van der Waals surface area contributed by atoms with Gasteiger partial charge in [0.15, 0.2) is 6.10 Å². The first-order chi connectivity index (χ1) is 9.41. The summed E-state index contributed by atoms with van der Waals surface area (Å²) in [6.45, 7) is 2.51. The van der Waals surface area contributed by atoms with Crippen molar-refractivity contribution >= 4 is 33.4 Å². The molecule has 1 unspecified atom stereocenters. The van der Waals surface area contributed by atoms with Crippen molar-refractivity contribution in [3.63, 3.8) is 0 Å². The molecule has 2 heterocycles. The normalized spacial score (nSPS) is 18.9. The number of hydrogen-bond acceptors (Lipinski definition) is 6. The van der Waals surface area contributed by atoms with Gasteiger partial charge in [0.25, 0.3) is 5.69 Å². The monoisotopic (exact) mass is 345 g/mol. The third kappa shape index (κ3) is 2.73. The molecule has 1 N–H and O–H groups in total. The summed E-state index contributed by atoms with van der Waals surface area (Å²) in [5.41, 5.74) is 0.377. The van der Waals surface area contributed by atoms with Gasteiger partial charge in [-0.3, -0.25) is 10.1 Å². The first-order valence-electron chi connectivity index (χ1n) is 5.80. The quantitative estimate of drug-likeness (QED) is 0.650. The number of nitro groups is 1. The Morgan fingerprint density at radius 2 is 2.40 bits per heavy atom. The van der Waals surface area contributed by atoms with Crippen molar-refractivity contribution in [1.29, 1.82) is 0 Å². The smallest absolute Gasteiger partial charge is 0.334 e. The molecule has 0 bridgehead atoms. The van der Waals surface area contributed by atoms with E-state index < -0.39 is 17.0 Å². The number of rotatable bonds is 3. The van der Waals surface area contributed by atoms with Gasteiger partial charge in [-0.1, -0.05) is 0 Å². The Morgan fingerprint density at radius 1 is 1.70 bits per heavy atom. The molecule has 20 heavy (non-hydrogen) atoms. The van der Waals surface area contributed by atoms with Crippen LogP contribution in [-0.2, 0) is 9.53 Å². The van der Waals surface area contributed by atoms with Crippen molar-refractivity contribution in [3.05, 3.63) is 26.3 Å². The van der Waals surface area contributed by atoms with Gasteiger partial charge in [0.2, 0.25) is 0 Å². The summed E-state index contributed by atoms with van der Waals surface area (Å²) in [6.07, 6.45) is 0.258. The van der Waals surface area contributed by atoms with Crippen LogP contribution in [0.5, 0.6) is 0 Å². The maximum atomic E-state index is 11.0. The molecule has 1 saturated heterocycles. The molecule has 1 aliphatic rings. The van der Waals surface area contributed by atoms with E-state index in [0.29, 0.717) is 22.4 Å². The highest BCUT2D eigenvalue weighted by Gasteiger charge is 2.29. The number of aliphatic carboxylic acids is 1. The second kappa shape index (κ2) is 5.71. The molecule has 0 amide bonds. The lowest BCUT2D eigenvalue weighted by atomic mass is 10.2. The molecule has 0 aromatic carbocycles. The average Bonchev–Trinajstić information content (AvgIpc) is 2.41. The summed E-state index contributed by atoms with van der Waals surface area (Å²) >= 11 is 3.29. The lowest BCUT2D eigenvalue weighted by Crippen LogP contribution is -2.46. The number of ether oxygens (including phenoxy) is 1. The summed E-state index contributed by atoms with van der Waals surface area (Å²) in [4.78, 5) is 27.1. The molecule has 1 aromatic heterocycles. The van der Waals surface area contributed by atoms with E-state index in [0.717, 1.165) is 0 Å². The van der Waals surface area contributed by atoms with Crippen LogP contribution in [0.2, 0.25) is 0 Å². The lowest BCUT2D eigenvalue weighted by molar-refractivity contribution is -0.385. The van der Waals surface area contributed by atoms with E-state index in [2.05, 4.69) is 20.9 Å². The Hall–Kier alpha value is -1.74. The Balaban J connectivity index is 2.31. The Bertz CT molecular complexity index is 565. The molecule has 9 heteroatoms. The largest absolute Gasteiger partial charge is 0.479 e. The van der Waals surface area contributed by atoms with Crippen LogP contribution in [0.25, 0.3) is 0 Å². The van der Waals surface area contributed by atoms with Crippen molar-refractivity contribution in [3.8, 4) is 0 Å². The van der Waals surface area contributed by atoms with Crippen LogP contribution in [-0.4, -0.2) is 46.8 Å². The van der Waals surface area contributed by atoms with Crippen molar-refractivity contribution in [2.24, 2.45) is 0 Å². The molecule has 1 aromatic rings. The maximum absolute atomic E-state index is 11.0. The highest BCUT2D eigenvalue weighted by Crippen LogP contribution is 2.33. The third-order valence-electron chi connectivity index (χ3n) is 3.06. The van der Waals surface area contributed by atoms with Crippen LogP contribution in [0.4, 0.5) is 11.5 Å². The topological polar surface area (TPSA) is 106 Å². The van der Waals surface area contributed by atoms with E-state index in [1.54, 1.807) is 11.8 Å². The summed E-state index contributed by atoms with van der Waals surface area (Å²) < 4.78 is 5.63. The van der Waals surface area contributed by atoms with Crippen LogP contribution in [0.1, 0.15) is 5.56 Å². The fourth-order valence-electron chi connectivity index (χ4n) is 1.95. The molecule has 8 nitrogen and oxygen atoms in total. The van der Waals surface area contributed by atoms with Gasteiger partial charge in [-0.25, -0.2) is 9.78 Å². The number of halogens is 1. The van der Waals surface area contributed by atoms with E-state index >= 15 is 0 Å². The van der Waals surface area contributed by atoms with Crippen LogP contribution in [0, 0.1) is 17.0 Å². The van der Waals surface area contributed by atoms with E-state index in [9.17, 15) is 14.9 Å². The average molecular weight is 346 g/mol. The number of pyridine rings is 1. The number of nitrogens with zero attached hydrogens (tertiary/aromatic N) is 3. The van der Waals surface area contributed by atoms with Gasteiger partial charge in [0.1, 0.15) is 12.0 Å². The fourth-order valence-corrected chi connectivity index (χ4v) is 2.51. The van der Waals surface area contributed by atoms with Crippen molar-refractivity contribution in [2.45, 2.75) is 13.0 Å². The second-order valence-electron chi connectivity index (χ2n) is 4.31. The number of carbonyl (C=O) groups is 1. The minimum atomic E-state index is -1.04. The number of morpholine rings is 1. The van der Waals surface area contributed by atoms with Crippen molar-refractivity contribution in [1.82, 2.24) is 4.98 Å². The third-order valence-corrected chi connectivity index (χ3v) is 4.01. The van der Waals surface area contributed by atoms with E-state index in [-0.39, 0.29) is 18.8 Å². The van der Waals surface area contributed by atoms with Gasteiger partial charge in [-0.2, -0.15) is 0 Å². The number of carboxylic acids is 1. The van der Waals surface area contributed by atoms with Gasteiger partial charge in [-0.05, 0) is 22.9 Å². The molecule has 0 aliphatic carbocycles. The van der Waals surface area contributed by atoms with Crippen LogP contribution < -0.4 is 4.90 Å². The zero-order valence-corrected chi connectivity index (χ0v) is 12.2. The first-order valence-corrected chi connectivity index (χ1v) is 6.60. The molecule has 0 saturated carbocycles. The highest BCUT2D eigenvalue weighted by molar-refractivity contribution is 9.10. The molecule has 2 rings (SSSR count). The minimum Gasteiger partial charge on any atom is -0.479 e. The van der Waals surface area contributed by atoms with Crippen molar-refractivity contribution < 1.29 is 19.6 Å². The molecular formula is C11H12BrN3O5. The standard InChI is InChI=1S/C11H12BrN3O5/c1-6-7(15(18)19)4-13-10(9(6)12)14-2-3-20-8(5-14)11(16)17/h4,8H,2-3,5H2,1H3,(H,16,17). The molecular weight excluding hydrogens is 334 g/mol. The van der Waals surface area contributed by atoms with E-state index in [4.69, 9.17) is 9.84 Å². The SMILES string of the molecule is Cc1c([N+](=O)[O-])cnc(N2CCOC(C(=O)O)C2)c1Br. The van der Waals surface area contributed by atoms with Crippen LogP contribution in [0.3, 0.4) is 0 Å². The number of hydrogen-bond donors (Lipinski definition) is 1. The fraction of sp³-hybridized carbons (Fsp3) is 0.455. The zero-order valence-electron chi connectivity index (χ0n) is 10.6. The molecule has 1 atom stereocenters. The predicted octanol–water partition coefficient (Wildman–Crippen LogP) is 1.35. The first kappa shape index (κ1) is 14.7. The van der Waals surface area contributed by atoms with Gasteiger partial charge >= 0.3 is 5.97 Å². The predicted molar refractivity (Wildman–Crippen MR) is 72.9 cm³/mol. The summed E-state index contributed by atoms with van der Waals surface area (Å²) in [6, 6.07) is 0. The van der Waals surface area contributed by atoms with Gasteiger partial charge in [0.05, 0.1) is 22.5 Å². The Kier molecular flexibility index (Phi) is 4.19. The molecule has 1 aliphatic heterocycles. The zero-order chi connectivity index (χ0) is 14.9. The number of anilines is 1. The van der Waals surface area contributed by atoms with E-state index in [1.807, 2.05) is 0 Å². The van der Waals surface area contributed by atoms with E-state index in [1.165, 1.54) is 6.20 Å². The maximum Gasteiger partial charge on any atom is 0.334 e. The number of aromatic nitrogens is 1. The van der Waals surface area contributed by atoms with Crippen LogP contribution in [0.15, 0.2) is 10.7 Å². The Morgan fingerprint density at radius 3 is 3.00 bits per heavy atom. The molecule has 0 radical (unpaired) electrons. The van der Waals surface area contributed by atoms with Crippen molar-refractivity contribution in [2.75, 3.05) is 24.6 Å². The van der Waals surface area contributed by atoms with Gasteiger partial charge < -0.3 is 14.7 Å². The molecule has 0 spiro atoms. The van der Waals surface area contributed by atoms with Gasteiger partial charge in [0, 0.05) is 12.1 Å². The summed E-state index contributed by atoms with van der Waals surface area (Å²) in [5, 5.41) is 19.8. The molecule has 108 valence electrons. The molecule has 1 fully saturated rings. The van der Waals surface area contributed by atoms with Crippen LogP contribution >= 0.6 is 15.9 Å².